The lowest BCUT2D eigenvalue weighted by atomic mass is 9.43. The standard InChI is InChI=1S/C33H53O13P/c1-19(4-8-27(35)36)23-6-7-24-29-25(11-14-33(23,24)3)32(2)13-10-22(16-21(32)17-26(29)34)46-31(40)45-18-44-28(37)9-5-20(30(38)39)12-15-47(41,42)43/h19-26,29,34H,4-18H2,1-3H3,(H,35,36)(H,38,39)(H2,41,42,43)/t19-,20?,21?,22-,23?,24?,25?,26+,29?,32+,33-/m1/s1. The molecule has 0 spiro atoms. The fourth-order valence-electron chi connectivity index (χ4n) is 10.2. The van der Waals surface area contributed by atoms with E-state index in [1.165, 1.54) is 0 Å². The van der Waals surface area contributed by atoms with Gasteiger partial charge >= 0.3 is 31.7 Å². The molecule has 4 rings (SSSR count). The average Bonchev–Trinajstić information content (AvgIpc) is 3.33. The third-order valence-electron chi connectivity index (χ3n) is 12.7. The maximum Gasteiger partial charge on any atom is 0.511 e. The van der Waals surface area contributed by atoms with Crippen LogP contribution < -0.4 is 0 Å². The Morgan fingerprint density at radius 2 is 1.55 bits per heavy atom. The van der Waals surface area contributed by atoms with Gasteiger partial charge in [-0.1, -0.05) is 20.8 Å². The van der Waals surface area contributed by atoms with Gasteiger partial charge < -0.3 is 39.3 Å². The predicted molar refractivity (Wildman–Crippen MR) is 167 cm³/mol. The third-order valence-corrected chi connectivity index (χ3v) is 13.5. The topological polar surface area (TPSA) is 214 Å². The van der Waals surface area contributed by atoms with Crippen molar-refractivity contribution in [1.82, 2.24) is 0 Å². The maximum atomic E-state index is 12.4. The van der Waals surface area contributed by atoms with Gasteiger partial charge in [-0.25, -0.2) is 4.79 Å². The highest BCUT2D eigenvalue weighted by atomic mass is 31.2. The van der Waals surface area contributed by atoms with Crippen molar-refractivity contribution in [2.75, 3.05) is 13.0 Å². The molecule has 11 atom stereocenters. The van der Waals surface area contributed by atoms with Crippen molar-refractivity contribution in [2.24, 2.45) is 52.3 Å². The van der Waals surface area contributed by atoms with E-state index in [0.29, 0.717) is 49.4 Å². The number of ether oxygens (including phenoxy) is 3. The van der Waals surface area contributed by atoms with Gasteiger partial charge in [-0.3, -0.25) is 18.9 Å². The van der Waals surface area contributed by atoms with Crippen molar-refractivity contribution >= 4 is 31.7 Å². The molecule has 0 aromatic rings. The number of esters is 1. The van der Waals surface area contributed by atoms with E-state index in [9.17, 15) is 39.1 Å². The second-order valence-corrected chi connectivity index (χ2v) is 17.0. The van der Waals surface area contributed by atoms with E-state index < -0.39 is 62.7 Å². The number of carboxylic acids is 2. The molecule has 5 N–H and O–H groups in total. The smallest absolute Gasteiger partial charge is 0.481 e. The second-order valence-electron chi connectivity index (χ2n) is 15.2. The first kappa shape index (κ1) is 37.6. The highest BCUT2D eigenvalue weighted by Gasteiger charge is 2.63. The quantitative estimate of drug-likeness (QED) is 0.0904. The Bertz CT molecular complexity index is 1200. The number of aliphatic hydroxyl groups is 1. The molecule has 0 aromatic carbocycles. The summed E-state index contributed by atoms with van der Waals surface area (Å²) in [5.41, 5.74) is 0.108. The first-order chi connectivity index (χ1) is 21.9. The molecular formula is C33H53O13P. The Balaban J connectivity index is 1.24. The molecule has 0 heterocycles. The maximum absolute atomic E-state index is 12.4. The Morgan fingerprint density at radius 1 is 0.872 bits per heavy atom. The van der Waals surface area contributed by atoms with Gasteiger partial charge in [0.05, 0.1) is 18.2 Å². The van der Waals surface area contributed by atoms with Crippen molar-refractivity contribution in [1.29, 1.82) is 0 Å². The molecule has 0 radical (unpaired) electrons. The summed E-state index contributed by atoms with van der Waals surface area (Å²) in [6.07, 6.45) is 4.66. The highest BCUT2D eigenvalue weighted by Crippen LogP contribution is 2.68. The van der Waals surface area contributed by atoms with E-state index in [-0.39, 0.29) is 48.3 Å². The number of carbonyl (C=O) groups is 4. The fraction of sp³-hybridized carbons (Fsp3) is 0.879. The Labute approximate surface area is 276 Å². The van der Waals surface area contributed by atoms with Crippen LogP contribution in [0.3, 0.4) is 0 Å². The summed E-state index contributed by atoms with van der Waals surface area (Å²) in [6.45, 7) is 6.20. The van der Waals surface area contributed by atoms with E-state index in [0.717, 1.165) is 32.1 Å². The van der Waals surface area contributed by atoms with Gasteiger partial charge in [0.25, 0.3) is 0 Å². The Hall–Kier alpha value is -2.21. The molecule has 13 nitrogen and oxygen atoms in total. The number of aliphatic carboxylic acids is 2. The number of carboxylic acid groups (broad SMARTS) is 2. The SMILES string of the molecule is C[C@H](CCC(=O)O)C1CCC2C3C(CC[C@@]21C)[C@@]1(C)CC[C@@H](OC(=O)OCOC(=O)CCC(CCP(=O)(O)O)C(=O)O)CC1C[C@@H]3O. The number of carbonyl (C=O) groups excluding carboxylic acids is 2. The zero-order chi connectivity index (χ0) is 34.7. The summed E-state index contributed by atoms with van der Waals surface area (Å²) in [6, 6.07) is 0. The minimum absolute atomic E-state index is 0.0105. The Morgan fingerprint density at radius 3 is 2.21 bits per heavy atom. The van der Waals surface area contributed by atoms with Crippen LogP contribution in [-0.4, -0.2) is 74.3 Å². The zero-order valence-corrected chi connectivity index (χ0v) is 28.6. The average molecular weight is 689 g/mol. The van der Waals surface area contributed by atoms with Crippen LogP contribution in [0.25, 0.3) is 0 Å². The molecule has 6 unspecified atom stereocenters. The van der Waals surface area contributed by atoms with E-state index in [4.69, 9.17) is 24.0 Å². The van der Waals surface area contributed by atoms with Gasteiger partial charge in [0, 0.05) is 12.8 Å². The van der Waals surface area contributed by atoms with Crippen LogP contribution in [-0.2, 0) is 33.2 Å². The van der Waals surface area contributed by atoms with Crippen LogP contribution in [0.5, 0.6) is 0 Å². The van der Waals surface area contributed by atoms with E-state index in [1.54, 1.807) is 0 Å². The second kappa shape index (κ2) is 15.1. The molecule has 0 bridgehead atoms. The molecule has 14 heteroatoms. The lowest BCUT2D eigenvalue weighted by Gasteiger charge is -2.62. The molecule has 0 aliphatic heterocycles. The van der Waals surface area contributed by atoms with E-state index in [1.807, 2.05) is 0 Å². The van der Waals surface area contributed by atoms with Crippen LogP contribution >= 0.6 is 7.60 Å². The molecule has 4 fully saturated rings. The summed E-state index contributed by atoms with van der Waals surface area (Å²) < 4.78 is 26.4. The molecule has 4 saturated carbocycles. The molecule has 4 aliphatic carbocycles. The van der Waals surface area contributed by atoms with Crippen molar-refractivity contribution in [3.63, 3.8) is 0 Å². The van der Waals surface area contributed by atoms with E-state index >= 15 is 0 Å². The molecule has 0 amide bonds. The molecule has 0 aromatic heterocycles. The molecule has 0 saturated heterocycles. The van der Waals surface area contributed by atoms with Crippen molar-refractivity contribution < 1.29 is 63.1 Å². The largest absolute Gasteiger partial charge is 0.511 e. The van der Waals surface area contributed by atoms with Crippen LogP contribution in [0.1, 0.15) is 104 Å². The number of rotatable bonds is 14. The first-order valence-corrected chi connectivity index (χ1v) is 18.9. The number of fused-ring (bicyclic) bond motifs is 5. The van der Waals surface area contributed by atoms with Crippen LogP contribution in [0, 0.1) is 52.3 Å². The monoisotopic (exact) mass is 688 g/mol. The van der Waals surface area contributed by atoms with Gasteiger partial charge in [0.15, 0.2) is 0 Å². The Kier molecular flexibility index (Phi) is 12.1. The number of hydrogen-bond acceptors (Lipinski definition) is 9. The summed E-state index contributed by atoms with van der Waals surface area (Å²) in [7, 11) is -4.37. The van der Waals surface area contributed by atoms with Crippen LogP contribution in [0.2, 0.25) is 0 Å². The van der Waals surface area contributed by atoms with Gasteiger partial charge in [0.2, 0.25) is 6.79 Å². The van der Waals surface area contributed by atoms with Crippen molar-refractivity contribution in [3.05, 3.63) is 0 Å². The summed E-state index contributed by atoms with van der Waals surface area (Å²) in [5.74, 6) is -2.02. The van der Waals surface area contributed by atoms with E-state index in [2.05, 4.69) is 20.8 Å². The van der Waals surface area contributed by atoms with Crippen LogP contribution in [0.4, 0.5) is 4.79 Å². The molecule has 4 aliphatic rings. The number of hydrogen-bond donors (Lipinski definition) is 5. The predicted octanol–water partition coefficient (Wildman–Crippen LogP) is 5.19. The summed E-state index contributed by atoms with van der Waals surface area (Å²) in [5, 5.41) is 30.1. The summed E-state index contributed by atoms with van der Waals surface area (Å²) in [4.78, 5) is 64.9. The third kappa shape index (κ3) is 8.88. The molecular weight excluding hydrogens is 635 g/mol. The van der Waals surface area contributed by atoms with Crippen molar-refractivity contribution in [3.8, 4) is 0 Å². The first-order valence-electron chi connectivity index (χ1n) is 17.1. The zero-order valence-electron chi connectivity index (χ0n) is 27.8. The van der Waals surface area contributed by atoms with Gasteiger partial charge in [0.1, 0.15) is 6.10 Å². The minimum Gasteiger partial charge on any atom is -0.481 e. The molecule has 268 valence electrons. The molecule has 47 heavy (non-hydrogen) atoms. The van der Waals surface area contributed by atoms with Gasteiger partial charge in [-0.15, -0.1) is 0 Å². The van der Waals surface area contributed by atoms with Gasteiger partial charge in [-0.05, 0) is 117 Å². The fourth-order valence-corrected chi connectivity index (χ4v) is 10.9. The number of aliphatic hydroxyl groups excluding tert-OH is 1. The lowest BCUT2D eigenvalue weighted by molar-refractivity contribution is -0.177. The lowest BCUT2D eigenvalue weighted by Crippen LogP contribution is -2.58. The van der Waals surface area contributed by atoms with Crippen molar-refractivity contribution in [2.45, 2.75) is 116 Å². The minimum atomic E-state index is -4.37. The van der Waals surface area contributed by atoms with Crippen LogP contribution in [0.15, 0.2) is 0 Å². The highest BCUT2D eigenvalue weighted by molar-refractivity contribution is 7.51. The normalized spacial score (nSPS) is 36.2. The summed E-state index contributed by atoms with van der Waals surface area (Å²) >= 11 is 0. The van der Waals surface area contributed by atoms with Gasteiger partial charge in [-0.2, -0.15) is 0 Å².